The Kier molecular flexibility index (Phi) is 5.35. The van der Waals surface area contributed by atoms with Gasteiger partial charge in [0, 0.05) is 28.5 Å². The Bertz CT molecular complexity index is 1020. The van der Waals surface area contributed by atoms with Crippen LogP contribution < -0.4 is 21.1 Å². The number of nitrogens with zero attached hydrogens (tertiary/aromatic N) is 1. The van der Waals surface area contributed by atoms with Crippen LogP contribution in [0.4, 0.5) is 16.2 Å². The number of aromatic nitrogens is 1. The molecule has 0 radical (unpaired) electrons. The van der Waals surface area contributed by atoms with Gasteiger partial charge in [-0.25, -0.2) is 4.79 Å². The molecular weight excluding hydrogens is 356 g/mol. The Balaban J connectivity index is 1.86. The van der Waals surface area contributed by atoms with Crippen LogP contribution in [0, 0.1) is 13.8 Å². The average molecular weight is 378 g/mol. The number of hydrogen-bond donors (Lipinski definition) is 3. The third-order valence-corrected chi connectivity index (χ3v) is 4.39. The molecule has 7 heteroatoms. The number of primary amides is 1. The van der Waals surface area contributed by atoms with Crippen LogP contribution in [-0.2, 0) is 0 Å². The van der Waals surface area contributed by atoms with Gasteiger partial charge in [-0.05, 0) is 62.4 Å². The summed E-state index contributed by atoms with van der Waals surface area (Å²) in [7, 11) is 1.62. The van der Waals surface area contributed by atoms with Crippen molar-refractivity contribution >= 4 is 23.3 Å². The molecule has 28 heavy (non-hydrogen) atoms. The second-order valence-electron chi connectivity index (χ2n) is 6.34. The topological polar surface area (TPSA) is 98.4 Å². The van der Waals surface area contributed by atoms with Crippen molar-refractivity contribution in [2.24, 2.45) is 5.73 Å². The van der Waals surface area contributed by atoms with Gasteiger partial charge in [0.1, 0.15) is 5.75 Å². The predicted octanol–water partition coefficient (Wildman–Crippen LogP) is 3.85. The molecule has 0 unspecified atom stereocenters. The minimum absolute atomic E-state index is 0.232. The molecule has 0 spiro atoms. The van der Waals surface area contributed by atoms with E-state index in [2.05, 4.69) is 10.6 Å². The molecular formula is C21H22N4O3. The maximum absolute atomic E-state index is 12.8. The van der Waals surface area contributed by atoms with Crippen LogP contribution in [0.15, 0.2) is 54.6 Å². The van der Waals surface area contributed by atoms with Gasteiger partial charge < -0.3 is 25.7 Å². The summed E-state index contributed by atoms with van der Waals surface area (Å²) in [5.74, 6) is 0.540. The molecule has 3 amide bonds. The van der Waals surface area contributed by atoms with E-state index >= 15 is 0 Å². The Morgan fingerprint density at radius 2 is 1.61 bits per heavy atom. The van der Waals surface area contributed by atoms with E-state index in [-0.39, 0.29) is 5.91 Å². The van der Waals surface area contributed by atoms with Crippen molar-refractivity contribution in [3.63, 3.8) is 0 Å². The Labute approximate surface area is 163 Å². The zero-order valence-corrected chi connectivity index (χ0v) is 15.9. The fourth-order valence-electron chi connectivity index (χ4n) is 3.14. The molecule has 144 valence electrons. The first-order chi connectivity index (χ1) is 13.4. The van der Waals surface area contributed by atoms with Crippen molar-refractivity contribution in [1.29, 1.82) is 0 Å². The number of benzene rings is 2. The number of ether oxygens (including phenoxy) is 1. The van der Waals surface area contributed by atoms with Crippen molar-refractivity contribution in [2.75, 3.05) is 17.7 Å². The molecule has 0 saturated carbocycles. The normalized spacial score (nSPS) is 10.4. The number of carbonyl (C=O) groups excluding carboxylic acids is 2. The van der Waals surface area contributed by atoms with Crippen LogP contribution in [0.5, 0.6) is 5.75 Å². The van der Waals surface area contributed by atoms with Gasteiger partial charge in [-0.2, -0.15) is 0 Å². The minimum atomic E-state index is -0.661. The van der Waals surface area contributed by atoms with Crippen LogP contribution in [-0.4, -0.2) is 23.6 Å². The standard InChI is InChI=1S/C21H22N4O3/c1-13-11-19(14(2)25(13)17-7-9-18(28-3)10-8-17)20(26)23-15-5-4-6-16(12-15)24-21(22)27/h4-12H,1-3H3,(H,23,26)(H3,22,24,27). The number of anilines is 2. The van der Waals surface area contributed by atoms with Crippen molar-refractivity contribution in [3.05, 3.63) is 71.5 Å². The zero-order valence-electron chi connectivity index (χ0n) is 15.9. The largest absolute Gasteiger partial charge is 0.497 e. The molecule has 0 fully saturated rings. The van der Waals surface area contributed by atoms with Crippen LogP contribution in [0.1, 0.15) is 21.7 Å². The van der Waals surface area contributed by atoms with Crippen molar-refractivity contribution in [1.82, 2.24) is 4.57 Å². The lowest BCUT2D eigenvalue weighted by atomic mass is 10.2. The summed E-state index contributed by atoms with van der Waals surface area (Å²) < 4.78 is 7.21. The number of amides is 3. The molecule has 1 aromatic heterocycles. The number of urea groups is 1. The lowest BCUT2D eigenvalue weighted by Crippen LogP contribution is -2.19. The predicted molar refractivity (Wildman–Crippen MR) is 109 cm³/mol. The Morgan fingerprint density at radius 1 is 0.964 bits per heavy atom. The molecule has 2 aromatic carbocycles. The summed E-state index contributed by atoms with van der Waals surface area (Å²) in [6.45, 7) is 3.85. The number of hydrogen-bond acceptors (Lipinski definition) is 3. The van der Waals surface area contributed by atoms with E-state index < -0.39 is 6.03 Å². The molecule has 3 rings (SSSR count). The lowest BCUT2D eigenvalue weighted by molar-refractivity contribution is 0.102. The first-order valence-electron chi connectivity index (χ1n) is 8.70. The van der Waals surface area contributed by atoms with Gasteiger partial charge in [0.2, 0.25) is 0 Å². The number of aryl methyl sites for hydroxylation is 1. The quantitative estimate of drug-likeness (QED) is 0.629. The van der Waals surface area contributed by atoms with Crippen LogP contribution in [0.2, 0.25) is 0 Å². The van der Waals surface area contributed by atoms with Crippen LogP contribution in [0.3, 0.4) is 0 Å². The summed E-state index contributed by atoms with van der Waals surface area (Å²) in [4.78, 5) is 23.8. The average Bonchev–Trinajstić information content (AvgIpc) is 2.96. The highest BCUT2D eigenvalue weighted by Crippen LogP contribution is 2.24. The fraction of sp³-hybridized carbons (Fsp3) is 0.143. The lowest BCUT2D eigenvalue weighted by Gasteiger charge is -2.11. The van der Waals surface area contributed by atoms with Crippen molar-refractivity contribution in [3.8, 4) is 11.4 Å². The van der Waals surface area contributed by atoms with Gasteiger partial charge in [-0.15, -0.1) is 0 Å². The second-order valence-corrected chi connectivity index (χ2v) is 6.34. The molecule has 0 saturated heterocycles. The highest BCUT2D eigenvalue weighted by atomic mass is 16.5. The third-order valence-electron chi connectivity index (χ3n) is 4.39. The molecule has 1 heterocycles. The van der Waals surface area contributed by atoms with Gasteiger partial charge in [0.15, 0.2) is 0 Å². The molecule has 0 atom stereocenters. The Morgan fingerprint density at radius 3 is 2.21 bits per heavy atom. The van der Waals surface area contributed by atoms with E-state index in [1.54, 1.807) is 31.4 Å². The number of rotatable bonds is 5. The summed E-state index contributed by atoms with van der Waals surface area (Å²) >= 11 is 0. The van der Waals surface area contributed by atoms with E-state index in [1.165, 1.54) is 0 Å². The van der Waals surface area contributed by atoms with E-state index in [1.807, 2.05) is 48.7 Å². The Hall–Kier alpha value is -3.74. The van der Waals surface area contributed by atoms with Crippen molar-refractivity contribution < 1.29 is 14.3 Å². The van der Waals surface area contributed by atoms with E-state index in [9.17, 15) is 9.59 Å². The first kappa shape index (κ1) is 19.0. The van der Waals surface area contributed by atoms with Gasteiger partial charge >= 0.3 is 6.03 Å². The van der Waals surface area contributed by atoms with Crippen LogP contribution >= 0.6 is 0 Å². The fourth-order valence-corrected chi connectivity index (χ4v) is 3.14. The summed E-state index contributed by atoms with van der Waals surface area (Å²) in [6.07, 6.45) is 0. The maximum atomic E-state index is 12.8. The van der Waals surface area contributed by atoms with Gasteiger partial charge in [0.05, 0.1) is 12.7 Å². The molecule has 0 aliphatic carbocycles. The number of methoxy groups -OCH3 is 1. The van der Waals surface area contributed by atoms with Gasteiger partial charge in [-0.1, -0.05) is 6.07 Å². The highest BCUT2D eigenvalue weighted by Gasteiger charge is 2.17. The molecule has 0 aliphatic heterocycles. The smallest absolute Gasteiger partial charge is 0.316 e. The van der Waals surface area contributed by atoms with Crippen molar-refractivity contribution in [2.45, 2.75) is 13.8 Å². The molecule has 0 aliphatic rings. The molecule has 3 aromatic rings. The van der Waals surface area contributed by atoms with Gasteiger partial charge in [0.25, 0.3) is 5.91 Å². The van der Waals surface area contributed by atoms with Gasteiger partial charge in [-0.3, -0.25) is 4.79 Å². The SMILES string of the molecule is COc1ccc(-n2c(C)cc(C(=O)Nc3cccc(NC(N)=O)c3)c2C)cc1. The highest BCUT2D eigenvalue weighted by molar-refractivity contribution is 6.05. The van der Waals surface area contributed by atoms with E-state index in [0.717, 1.165) is 22.8 Å². The first-order valence-corrected chi connectivity index (χ1v) is 8.70. The minimum Gasteiger partial charge on any atom is -0.497 e. The number of nitrogens with two attached hydrogens (primary N) is 1. The summed E-state index contributed by atoms with van der Waals surface area (Å²) in [5.41, 5.74) is 9.49. The zero-order chi connectivity index (χ0) is 20.3. The van der Waals surface area contributed by atoms with Crippen LogP contribution in [0.25, 0.3) is 5.69 Å². The summed E-state index contributed by atoms with van der Waals surface area (Å²) in [5, 5.41) is 5.35. The number of carbonyl (C=O) groups is 2. The molecule has 7 nitrogen and oxygen atoms in total. The van der Waals surface area contributed by atoms with E-state index in [0.29, 0.717) is 16.9 Å². The monoisotopic (exact) mass is 378 g/mol. The maximum Gasteiger partial charge on any atom is 0.316 e. The van der Waals surface area contributed by atoms with E-state index in [4.69, 9.17) is 10.5 Å². The summed E-state index contributed by atoms with van der Waals surface area (Å²) in [6, 6.07) is 15.6. The molecule has 0 bridgehead atoms. The molecule has 4 N–H and O–H groups in total. The third kappa shape index (κ3) is 3.98. The second kappa shape index (κ2) is 7.87. The number of nitrogens with one attached hydrogen (secondary N) is 2.